The summed E-state index contributed by atoms with van der Waals surface area (Å²) in [6.07, 6.45) is 0. The van der Waals surface area contributed by atoms with Gasteiger partial charge in [0.25, 0.3) is 0 Å². The van der Waals surface area contributed by atoms with Crippen LogP contribution in [0.1, 0.15) is 0 Å². The van der Waals surface area contributed by atoms with Crippen molar-refractivity contribution in [3.05, 3.63) is 12.3 Å². The molecule has 0 bridgehead atoms. The van der Waals surface area contributed by atoms with Crippen LogP contribution in [0.25, 0.3) is 0 Å². The van der Waals surface area contributed by atoms with Crippen molar-refractivity contribution >= 4 is 0 Å². The summed E-state index contributed by atoms with van der Waals surface area (Å²) in [6.45, 7) is 3.72. The largest absolute Gasteiger partial charge is 0.512 e. The summed E-state index contributed by atoms with van der Waals surface area (Å²) in [6, 6.07) is 0. The smallest absolute Gasteiger partial charge is 0.0988 e. The monoisotopic (exact) mass is 87.1 g/mol. The van der Waals surface area contributed by atoms with Crippen molar-refractivity contribution in [2.45, 2.75) is 0 Å². The van der Waals surface area contributed by atoms with Gasteiger partial charge < -0.3 is 10.4 Å². The molecule has 0 amide bonds. The van der Waals surface area contributed by atoms with Crippen molar-refractivity contribution < 1.29 is 5.11 Å². The second-order valence-electron chi connectivity index (χ2n) is 1.10. The molecule has 0 aliphatic rings. The van der Waals surface area contributed by atoms with E-state index in [1.807, 2.05) is 0 Å². The van der Waals surface area contributed by atoms with Crippen molar-refractivity contribution in [2.24, 2.45) is 0 Å². The maximum Gasteiger partial charge on any atom is 0.0988 e. The molecule has 0 spiro atoms. The molecular weight excluding hydrogens is 78.0 g/mol. The Kier molecular flexibility index (Phi) is 2.50. The molecule has 0 rings (SSSR count). The van der Waals surface area contributed by atoms with Crippen molar-refractivity contribution in [1.82, 2.24) is 5.32 Å². The van der Waals surface area contributed by atoms with Gasteiger partial charge in [-0.3, -0.25) is 0 Å². The average molecular weight is 87.1 g/mol. The van der Waals surface area contributed by atoms with E-state index < -0.39 is 0 Å². The Hall–Kier alpha value is -0.500. The third-order valence-electron chi connectivity index (χ3n) is 0.381. The van der Waals surface area contributed by atoms with Crippen LogP contribution >= 0.6 is 0 Å². The standard InChI is InChI=1S/C4H9NO/c1-4(6)3-5-2/h5-6H,1,3H2,2H3. The zero-order valence-electron chi connectivity index (χ0n) is 3.86. The highest BCUT2D eigenvalue weighted by atomic mass is 16.3. The Labute approximate surface area is 37.5 Å². The maximum atomic E-state index is 8.30. The van der Waals surface area contributed by atoms with Crippen LogP contribution in [0.3, 0.4) is 0 Å². The van der Waals surface area contributed by atoms with Crippen LogP contribution in [0.15, 0.2) is 12.3 Å². The lowest BCUT2D eigenvalue weighted by Gasteiger charge is -1.90. The summed E-state index contributed by atoms with van der Waals surface area (Å²) >= 11 is 0. The Morgan fingerprint density at radius 1 is 2.00 bits per heavy atom. The van der Waals surface area contributed by atoms with E-state index in [4.69, 9.17) is 5.11 Å². The van der Waals surface area contributed by atoms with Crippen LogP contribution in [0.5, 0.6) is 0 Å². The molecule has 0 aliphatic heterocycles. The third kappa shape index (κ3) is 3.50. The Morgan fingerprint density at radius 2 is 2.50 bits per heavy atom. The summed E-state index contributed by atoms with van der Waals surface area (Å²) in [5, 5.41) is 11.0. The van der Waals surface area contributed by atoms with Crippen molar-refractivity contribution in [3.63, 3.8) is 0 Å². The fraction of sp³-hybridized carbons (Fsp3) is 0.500. The highest BCUT2D eigenvalue weighted by Crippen LogP contribution is 1.71. The Balaban J connectivity index is 2.83. The second kappa shape index (κ2) is 2.72. The zero-order valence-corrected chi connectivity index (χ0v) is 3.86. The van der Waals surface area contributed by atoms with E-state index in [0.717, 1.165) is 0 Å². The second-order valence-corrected chi connectivity index (χ2v) is 1.10. The van der Waals surface area contributed by atoms with Crippen molar-refractivity contribution in [3.8, 4) is 0 Å². The predicted octanol–water partition coefficient (Wildman–Crippen LogP) is 0.278. The van der Waals surface area contributed by atoms with E-state index in [9.17, 15) is 0 Å². The number of hydrogen-bond donors (Lipinski definition) is 2. The van der Waals surface area contributed by atoms with Crippen molar-refractivity contribution in [1.29, 1.82) is 0 Å². The molecule has 0 aromatic heterocycles. The van der Waals surface area contributed by atoms with Crippen LogP contribution in [0.2, 0.25) is 0 Å². The SMILES string of the molecule is C=C(O)CNC. The molecule has 0 saturated carbocycles. The number of likely N-dealkylation sites (N-methyl/N-ethyl adjacent to an activating group) is 1. The van der Waals surface area contributed by atoms with E-state index >= 15 is 0 Å². The quantitative estimate of drug-likeness (QED) is 0.474. The van der Waals surface area contributed by atoms with Crippen LogP contribution in [-0.2, 0) is 0 Å². The molecule has 0 aromatic rings. The van der Waals surface area contributed by atoms with Gasteiger partial charge in [0.2, 0.25) is 0 Å². The van der Waals surface area contributed by atoms with E-state index in [1.54, 1.807) is 7.05 Å². The van der Waals surface area contributed by atoms with Gasteiger partial charge in [0.15, 0.2) is 0 Å². The first-order valence-corrected chi connectivity index (χ1v) is 1.78. The molecule has 0 radical (unpaired) electrons. The summed E-state index contributed by atoms with van der Waals surface area (Å²) < 4.78 is 0. The Morgan fingerprint density at radius 3 is 2.50 bits per heavy atom. The predicted molar refractivity (Wildman–Crippen MR) is 25.7 cm³/mol. The van der Waals surface area contributed by atoms with Gasteiger partial charge in [-0.2, -0.15) is 0 Å². The van der Waals surface area contributed by atoms with E-state index in [-0.39, 0.29) is 5.76 Å². The first-order valence-electron chi connectivity index (χ1n) is 1.78. The lowest BCUT2D eigenvalue weighted by Crippen LogP contribution is -2.08. The minimum Gasteiger partial charge on any atom is -0.512 e. The molecule has 0 aromatic carbocycles. The molecule has 6 heavy (non-hydrogen) atoms. The number of rotatable bonds is 2. The number of nitrogens with one attached hydrogen (secondary N) is 1. The molecule has 2 nitrogen and oxygen atoms in total. The molecule has 2 N–H and O–H groups in total. The lowest BCUT2D eigenvalue weighted by molar-refractivity contribution is 0.397. The fourth-order valence-electron chi connectivity index (χ4n) is 0.204. The number of aliphatic hydroxyl groups is 1. The first kappa shape index (κ1) is 5.50. The van der Waals surface area contributed by atoms with E-state index in [2.05, 4.69) is 11.9 Å². The first-order chi connectivity index (χ1) is 2.77. The normalized spacial score (nSPS) is 8.17. The molecule has 2 heteroatoms. The zero-order chi connectivity index (χ0) is 4.99. The van der Waals surface area contributed by atoms with Crippen LogP contribution in [0, 0.1) is 0 Å². The summed E-state index contributed by atoms with van der Waals surface area (Å²) in [7, 11) is 1.75. The Bertz CT molecular complexity index is 51.5. The topological polar surface area (TPSA) is 32.3 Å². The molecule has 0 aliphatic carbocycles. The fourth-order valence-corrected chi connectivity index (χ4v) is 0.204. The third-order valence-corrected chi connectivity index (χ3v) is 0.381. The van der Waals surface area contributed by atoms with Gasteiger partial charge in [-0.25, -0.2) is 0 Å². The van der Waals surface area contributed by atoms with Crippen LogP contribution in [0.4, 0.5) is 0 Å². The molecule has 0 saturated heterocycles. The molecule has 0 fully saturated rings. The van der Waals surface area contributed by atoms with Gasteiger partial charge in [-0.05, 0) is 7.05 Å². The minimum absolute atomic E-state index is 0.178. The molecule has 0 heterocycles. The van der Waals surface area contributed by atoms with E-state index in [0.29, 0.717) is 6.54 Å². The van der Waals surface area contributed by atoms with E-state index in [1.165, 1.54) is 0 Å². The molecule has 0 unspecified atom stereocenters. The van der Waals surface area contributed by atoms with Crippen molar-refractivity contribution in [2.75, 3.05) is 13.6 Å². The lowest BCUT2D eigenvalue weighted by atomic mass is 10.6. The van der Waals surface area contributed by atoms with Gasteiger partial charge >= 0.3 is 0 Å². The average Bonchev–Trinajstić information content (AvgIpc) is 1.35. The highest BCUT2D eigenvalue weighted by molar-refractivity contribution is 4.79. The van der Waals surface area contributed by atoms with Gasteiger partial charge in [-0.1, -0.05) is 6.58 Å². The summed E-state index contributed by atoms with van der Waals surface area (Å²) in [5.74, 6) is 0.178. The summed E-state index contributed by atoms with van der Waals surface area (Å²) in [5.41, 5.74) is 0. The van der Waals surface area contributed by atoms with Gasteiger partial charge in [0, 0.05) is 0 Å². The number of aliphatic hydroxyl groups excluding tert-OH is 1. The minimum atomic E-state index is 0.178. The highest BCUT2D eigenvalue weighted by Gasteiger charge is 1.77. The van der Waals surface area contributed by atoms with Crippen LogP contribution in [-0.4, -0.2) is 18.7 Å². The van der Waals surface area contributed by atoms with Gasteiger partial charge in [0.1, 0.15) is 0 Å². The molecule has 36 valence electrons. The van der Waals surface area contributed by atoms with Gasteiger partial charge in [-0.15, -0.1) is 0 Å². The van der Waals surface area contributed by atoms with Gasteiger partial charge in [0.05, 0.1) is 12.3 Å². The molecule has 0 atom stereocenters. The van der Waals surface area contributed by atoms with Crippen LogP contribution < -0.4 is 5.32 Å². The molecular formula is C4H9NO. The summed E-state index contributed by atoms with van der Waals surface area (Å²) in [4.78, 5) is 0. The number of hydrogen-bond acceptors (Lipinski definition) is 2. The maximum absolute atomic E-state index is 8.30.